The highest BCUT2D eigenvalue weighted by molar-refractivity contribution is 7.91. The second kappa shape index (κ2) is 5.38. The van der Waals surface area contributed by atoms with Gasteiger partial charge in [0.25, 0.3) is 0 Å². The van der Waals surface area contributed by atoms with E-state index in [0.717, 1.165) is 11.3 Å². The van der Waals surface area contributed by atoms with Gasteiger partial charge in [0.2, 0.25) is 5.95 Å². The molecular formula is C15H17N5O2S. The Hall–Kier alpha value is -2.35. The van der Waals surface area contributed by atoms with E-state index in [1.54, 1.807) is 0 Å². The first-order valence-electron chi connectivity index (χ1n) is 7.51. The van der Waals surface area contributed by atoms with Gasteiger partial charge < -0.3 is 9.47 Å². The van der Waals surface area contributed by atoms with Crippen LogP contribution in [0.2, 0.25) is 0 Å². The number of rotatable bonds is 3. The first-order valence-corrected chi connectivity index (χ1v) is 9.33. The van der Waals surface area contributed by atoms with Crippen LogP contribution in [0, 0.1) is 0 Å². The van der Waals surface area contributed by atoms with Gasteiger partial charge in [-0.25, -0.2) is 8.42 Å². The van der Waals surface area contributed by atoms with Crippen LogP contribution in [0.3, 0.4) is 0 Å². The molecule has 0 amide bonds. The average Bonchev–Trinajstić information content (AvgIpc) is 3.16. The molecule has 7 nitrogen and oxygen atoms in total. The molecule has 23 heavy (non-hydrogen) atoms. The highest BCUT2D eigenvalue weighted by Gasteiger charge is 2.24. The highest BCUT2D eigenvalue weighted by atomic mass is 32.2. The SMILES string of the molecule is O=S1(=O)CCN(c2n[nH]c(Cn3ccc4ccccc43)n2)CC1. The summed E-state index contributed by atoms with van der Waals surface area (Å²) in [5.41, 5.74) is 1.15. The Bertz CT molecular complexity index is 930. The molecule has 0 bridgehead atoms. The van der Waals surface area contributed by atoms with E-state index >= 15 is 0 Å². The number of aromatic amines is 1. The highest BCUT2D eigenvalue weighted by Crippen LogP contribution is 2.17. The number of hydrogen-bond acceptors (Lipinski definition) is 5. The zero-order chi connectivity index (χ0) is 15.9. The average molecular weight is 331 g/mol. The number of benzene rings is 1. The molecule has 8 heteroatoms. The third-order valence-electron chi connectivity index (χ3n) is 4.15. The van der Waals surface area contributed by atoms with Gasteiger partial charge in [0.15, 0.2) is 9.84 Å². The van der Waals surface area contributed by atoms with E-state index < -0.39 is 9.84 Å². The molecule has 2 aromatic heterocycles. The lowest BCUT2D eigenvalue weighted by Gasteiger charge is -2.25. The van der Waals surface area contributed by atoms with E-state index in [2.05, 4.69) is 37.9 Å². The molecule has 120 valence electrons. The Morgan fingerprint density at radius 1 is 1.13 bits per heavy atom. The molecule has 0 spiro atoms. The normalized spacial score (nSPS) is 17.7. The van der Waals surface area contributed by atoms with Gasteiger partial charge in [0, 0.05) is 24.8 Å². The number of hydrogen-bond donors (Lipinski definition) is 1. The summed E-state index contributed by atoms with van der Waals surface area (Å²) in [5.74, 6) is 1.67. The Morgan fingerprint density at radius 2 is 1.91 bits per heavy atom. The molecule has 0 unspecified atom stereocenters. The predicted octanol–water partition coefficient (Wildman–Crippen LogP) is 1.04. The first kappa shape index (κ1) is 14.3. The molecule has 0 atom stereocenters. The van der Waals surface area contributed by atoms with Crippen molar-refractivity contribution in [2.75, 3.05) is 29.5 Å². The van der Waals surface area contributed by atoms with Crippen LogP contribution in [0.4, 0.5) is 5.95 Å². The van der Waals surface area contributed by atoms with Crippen LogP contribution in [0.1, 0.15) is 5.82 Å². The molecule has 3 heterocycles. The maximum Gasteiger partial charge on any atom is 0.244 e. The molecule has 1 fully saturated rings. The fraction of sp³-hybridized carbons (Fsp3) is 0.333. The number of para-hydroxylation sites is 1. The number of anilines is 1. The fourth-order valence-corrected chi connectivity index (χ4v) is 4.05. The lowest BCUT2D eigenvalue weighted by atomic mass is 10.2. The van der Waals surface area contributed by atoms with Crippen LogP contribution in [0.5, 0.6) is 0 Å². The van der Waals surface area contributed by atoms with Crippen molar-refractivity contribution >= 4 is 26.7 Å². The number of aromatic nitrogens is 4. The molecule has 0 aliphatic carbocycles. The van der Waals surface area contributed by atoms with E-state index in [-0.39, 0.29) is 11.5 Å². The molecule has 1 aromatic carbocycles. The van der Waals surface area contributed by atoms with Gasteiger partial charge in [-0.05, 0) is 17.5 Å². The van der Waals surface area contributed by atoms with Crippen molar-refractivity contribution in [3.8, 4) is 0 Å². The van der Waals surface area contributed by atoms with E-state index in [4.69, 9.17) is 0 Å². The molecule has 1 N–H and O–H groups in total. The largest absolute Gasteiger partial charge is 0.340 e. The van der Waals surface area contributed by atoms with Gasteiger partial charge in [-0.2, -0.15) is 4.98 Å². The molecule has 1 aliphatic rings. The quantitative estimate of drug-likeness (QED) is 0.775. The summed E-state index contributed by atoms with van der Waals surface area (Å²) in [5, 5.41) is 8.37. The van der Waals surface area contributed by atoms with Crippen molar-refractivity contribution in [1.29, 1.82) is 0 Å². The standard InChI is InChI=1S/C15H17N5O2S/c21-23(22)9-7-19(8-10-23)15-16-14(17-18-15)11-20-6-5-12-3-1-2-4-13(12)20/h1-6H,7-11H2,(H,16,17,18). The van der Waals surface area contributed by atoms with Gasteiger partial charge >= 0.3 is 0 Å². The van der Waals surface area contributed by atoms with Crippen molar-refractivity contribution in [3.05, 3.63) is 42.4 Å². The molecular weight excluding hydrogens is 314 g/mol. The van der Waals surface area contributed by atoms with Crippen LogP contribution in [-0.2, 0) is 16.4 Å². The van der Waals surface area contributed by atoms with Crippen LogP contribution in [0.15, 0.2) is 36.5 Å². The van der Waals surface area contributed by atoms with Crippen molar-refractivity contribution in [1.82, 2.24) is 19.7 Å². The minimum atomic E-state index is -2.89. The summed E-state index contributed by atoms with van der Waals surface area (Å²) in [4.78, 5) is 6.42. The minimum Gasteiger partial charge on any atom is -0.340 e. The van der Waals surface area contributed by atoms with E-state index in [1.165, 1.54) is 5.39 Å². The molecule has 4 rings (SSSR count). The van der Waals surface area contributed by atoms with E-state index in [9.17, 15) is 8.42 Å². The summed E-state index contributed by atoms with van der Waals surface area (Å²) >= 11 is 0. The third kappa shape index (κ3) is 2.81. The second-order valence-corrected chi connectivity index (χ2v) is 8.03. The summed E-state index contributed by atoms with van der Waals surface area (Å²) in [6, 6.07) is 10.2. The van der Waals surface area contributed by atoms with Gasteiger partial charge in [-0.15, -0.1) is 5.10 Å². The third-order valence-corrected chi connectivity index (χ3v) is 5.76. The van der Waals surface area contributed by atoms with Gasteiger partial charge in [0.05, 0.1) is 18.1 Å². The van der Waals surface area contributed by atoms with Crippen molar-refractivity contribution in [2.45, 2.75) is 6.54 Å². The van der Waals surface area contributed by atoms with Crippen molar-refractivity contribution in [2.24, 2.45) is 0 Å². The maximum absolute atomic E-state index is 11.5. The Labute approximate surface area is 133 Å². The van der Waals surface area contributed by atoms with E-state index in [1.807, 2.05) is 23.2 Å². The fourth-order valence-electron chi connectivity index (χ4n) is 2.85. The lowest BCUT2D eigenvalue weighted by molar-refractivity contribution is 0.585. The molecule has 3 aromatic rings. The van der Waals surface area contributed by atoms with Gasteiger partial charge in [-0.3, -0.25) is 5.10 Å². The Balaban J connectivity index is 1.52. The van der Waals surface area contributed by atoms with Crippen LogP contribution in [-0.4, -0.2) is 52.8 Å². The second-order valence-electron chi connectivity index (χ2n) is 5.72. The Morgan fingerprint density at radius 3 is 2.74 bits per heavy atom. The Kier molecular flexibility index (Phi) is 3.33. The van der Waals surface area contributed by atoms with Gasteiger partial charge in [-0.1, -0.05) is 18.2 Å². The molecule has 1 aliphatic heterocycles. The molecule has 1 saturated heterocycles. The first-order chi connectivity index (χ1) is 11.1. The predicted molar refractivity (Wildman–Crippen MR) is 88.3 cm³/mol. The number of nitrogens with one attached hydrogen (secondary N) is 1. The monoisotopic (exact) mass is 331 g/mol. The van der Waals surface area contributed by atoms with Gasteiger partial charge in [0.1, 0.15) is 5.82 Å². The zero-order valence-corrected chi connectivity index (χ0v) is 13.3. The van der Waals surface area contributed by atoms with Crippen molar-refractivity contribution in [3.63, 3.8) is 0 Å². The summed E-state index contributed by atoms with van der Waals surface area (Å²) in [6.07, 6.45) is 2.03. The molecule has 0 saturated carbocycles. The lowest BCUT2D eigenvalue weighted by Crippen LogP contribution is -2.40. The van der Waals surface area contributed by atoms with E-state index in [0.29, 0.717) is 25.6 Å². The smallest absolute Gasteiger partial charge is 0.244 e. The maximum atomic E-state index is 11.5. The minimum absolute atomic E-state index is 0.166. The van der Waals surface area contributed by atoms with Crippen molar-refractivity contribution < 1.29 is 8.42 Å². The van der Waals surface area contributed by atoms with Crippen LogP contribution in [0.25, 0.3) is 10.9 Å². The zero-order valence-electron chi connectivity index (χ0n) is 12.5. The van der Waals surface area contributed by atoms with Crippen LogP contribution < -0.4 is 4.90 Å². The topological polar surface area (TPSA) is 83.9 Å². The number of sulfone groups is 1. The molecule has 0 radical (unpaired) electrons. The summed E-state index contributed by atoms with van der Waals surface area (Å²) < 4.78 is 25.1. The number of nitrogens with zero attached hydrogens (tertiary/aromatic N) is 4. The summed E-state index contributed by atoms with van der Waals surface area (Å²) in [7, 11) is -2.89. The summed E-state index contributed by atoms with van der Waals surface area (Å²) in [6.45, 7) is 1.50. The number of H-pyrrole nitrogens is 1. The number of fused-ring (bicyclic) bond motifs is 1. The van der Waals surface area contributed by atoms with Crippen LogP contribution >= 0.6 is 0 Å².